The Kier molecular flexibility index (Phi) is 9.03. The maximum Gasteiger partial charge on any atom is 0.0624 e. The normalized spacial score (nSPS) is 11.0. The molecule has 0 spiro atoms. The standard InChI is InChI=1S/C7H9BrN2O.2ClH/c8-6-1-5(2-10-3-6)7(9)4-11;;/h1-3,7,11H,4,9H2;2*1H. The van der Waals surface area contributed by atoms with Crippen molar-refractivity contribution in [3.63, 3.8) is 0 Å². The first kappa shape index (κ1) is 15.6. The summed E-state index contributed by atoms with van der Waals surface area (Å²) in [5, 5.41) is 8.71. The lowest BCUT2D eigenvalue weighted by Crippen LogP contribution is -2.14. The van der Waals surface area contributed by atoms with Crippen LogP contribution in [0.2, 0.25) is 0 Å². The van der Waals surface area contributed by atoms with E-state index in [2.05, 4.69) is 20.9 Å². The molecular weight excluding hydrogens is 279 g/mol. The van der Waals surface area contributed by atoms with Gasteiger partial charge in [0.05, 0.1) is 12.6 Å². The monoisotopic (exact) mass is 288 g/mol. The quantitative estimate of drug-likeness (QED) is 0.871. The highest BCUT2D eigenvalue weighted by Gasteiger charge is 2.03. The lowest BCUT2D eigenvalue weighted by molar-refractivity contribution is 0.268. The van der Waals surface area contributed by atoms with Crippen LogP contribution in [-0.2, 0) is 0 Å². The summed E-state index contributed by atoms with van der Waals surface area (Å²) >= 11 is 3.26. The average molecular weight is 290 g/mol. The molecule has 1 atom stereocenters. The number of aliphatic hydroxyl groups excluding tert-OH is 1. The van der Waals surface area contributed by atoms with Crippen LogP contribution in [0.1, 0.15) is 11.6 Å². The van der Waals surface area contributed by atoms with Crippen molar-refractivity contribution in [2.24, 2.45) is 5.73 Å². The highest BCUT2D eigenvalue weighted by atomic mass is 79.9. The third-order valence-electron chi connectivity index (χ3n) is 1.35. The minimum Gasteiger partial charge on any atom is -0.394 e. The molecule has 0 aliphatic heterocycles. The van der Waals surface area contributed by atoms with Gasteiger partial charge in [-0.1, -0.05) is 0 Å². The minimum absolute atomic E-state index is 0. The second-order valence-corrected chi connectivity index (χ2v) is 3.14. The second-order valence-electron chi connectivity index (χ2n) is 2.23. The van der Waals surface area contributed by atoms with Crippen molar-refractivity contribution in [1.29, 1.82) is 0 Å². The van der Waals surface area contributed by atoms with Crippen molar-refractivity contribution < 1.29 is 5.11 Å². The molecule has 13 heavy (non-hydrogen) atoms. The Labute approximate surface area is 97.7 Å². The topological polar surface area (TPSA) is 59.1 Å². The van der Waals surface area contributed by atoms with E-state index in [1.807, 2.05) is 6.07 Å². The molecule has 0 fully saturated rings. The Morgan fingerprint density at radius 2 is 2.08 bits per heavy atom. The van der Waals surface area contributed by atoms with Gasteiger partial charge in [-0.15, -0.1) is 24.8 Å². The number of hydrogen-bond donors (Lipinski definition) is 2. The summed E-state index contributed by atoms with van der Waals surface area (Å²) in [5.74, 6) is 0. The van der Waals surface area contributed by atoms with Gasteiger partial charge in [0.25, 0.3) is 0 Å². The van der Waals surface area contributed by atoms with Gasteiger partial charge < -0.3 is 10.8 Å². The largest absolute Gasteiger partial charge is 0.394 e. The molecule has 76 valence electrons. The first-order valence-corrected chi connectivity index (χ1v) is 4.00. The Hall–Kier alpha value is 0.130. The summed E-state index contributed by atoms with van der Waals surface area (Å²) in [5.41, 5.74) is 6.39. The summed E-state index contributed by atoms with van der Waals surface area (Å²) in [4.78, 5) is 3.92. The number of nitrogens with two attached hydrogens (primary N) is 1. The van der Waals surface area contributed by atoms with E-state index in [9.17, 15) is 0 Å². The fourth-order valence-corrected chi connectivity index (χ4v) is 1.12. The molecule has 1 aromatic heterocycles. The molecule has 3 nitrogen and oxygen atoms in total. The number of aliphatic hydroxyl groups is 1. The predicted octanol–water partition coefficient (Wildman–Crippen LogP) is 1.68. The van der Waals surface area contributed by atoms with Crippen LogP contribution >= 0.6 is 40.7 Å². The van der Waals surface area contributed by atoms with Crippen molar-refractivity contribution in [2.45, 2.75) is 6.04 Å². The van der Waals surface area contributed by atoms with Gasteiger partial charge >= 0.3 is 0 Å². The molecule has 0 aromatic carbocycles. The minimum atomic E-state index is -0.333. The molecule has 1 aromatic rings. The van der Waals surface area contributed by atoms with Crippen LogP contribution < -0.4 is 5.73 Å². The number of halogens is 3. The Morgan fingerprint density at radius 3 is 2.54 bits per heavy atom. The molecular formula is C7H11BrCl2N2O. The SMILES string of the molecule is Cl.Cl.NC(CO)c1cncc(Br)c1. The maximum atomic E-state index is 8.71. The summed E-state index contributed by atoms with van der Waals surface area (Å²) in [6.45, 7) is -0.0574. The van der Waals surface area contributed by atoms with Crippen LogP contribution in [0.4, 0.5) is 0 Å². The van der Waals surface area contributed by atoms with E-state index < -0.39 is 0 Å². The van der Waals surface area contributed by atoms with Crippen molar-refractivity contribution >= 4 is 40.7 Å². The lowest BCUT2D eigenvalue weighted by atomic mass is 10.1. The van der Waals surface area contributed by atoms with Crippen LogP contribution in [0.5, 0.6) is 0 Å². The van der Waals surface area contributed by atoms with Gasteiger partial charge in [-0.25, -0.2) is 0 Å². The van der Waals surface area contributed by atoms with E-state index in [0.29, 0.717) is 0 Å². The van der Waals surface area contributed by atoms with Gasteiger partial charge in [-0.05, 0) is 27.6 Å². The molecule has 0 aliphatic rings. The summed E-state index contributed by atoms with van der Waals surface area (Å²) in [6.07, 6.45) is 3.32. The Bertz CT molecular complexity index is 250. The second kappa shape index (κ2) is 7.53. The summed E-state index contributed by atoms with van der Waals surface area (Å²) in [7, 11) is 0. The van der Waals surface area contributed by atoms with E-state index >= 15 is 0 Å². The molecule has 1 rings (SSSR count). The molecule has 0 saturated carbocycles. The summed E-state index contributed by atoms with van der Waals surface area (Å²) < 4.78 is 0.874. The van der Waals surface area contributed by atoms with Crippen LogP contribution in [-0.4, -0.2) is 16.7 Å². The molecule has 3 N–H and O–H groups in total. The maximum absolute atomic E-state index is 8.71. The van der Waals surface area contributed by atoms with Gasteiger partial charge in [0.1, 0.15) is 0 Å². The third kappa shape index (κ3) is 4.78. The molecule has 0 aliphatic carbocycles. The van der Waals surface area contributed by atoms with E-state index in [-0.39, 0.29) is 37.5 Å². The zero-order valence-electron chi connectivity index (χ0n) is 6.68. The van der Waals surface area contributed by atoms with Gasteiger partial charge in [-0.3, -0.25) is 4.98 Å². The molecule has 0 amide bonds. The van der Waals surface area contributed by atoms with Gasteiger partial charge in [0, 0.05) is 16.9 Å². The number of aromatic nitrogens is 1. The zero-order valence-corrected chi connectivity index (χ0v) is 9.90. The average Bonchev–Trinajstić information content (AvgIpc) is 2.03. The molecule has 6 heteroatoms. The first-order chi connectivity index (χ1) is 5.24. The van der Waals surface area contributed by atoms with Crippen molar-refractivity contribution in [3.8, 4) is 0 Å². The smallest absolute Gasteiger partial charge is 0.0624 e. The van der Waals surface area contributed by atoms with Crippen molar-refractivity contribution in [1.82, 2.24) is 4.98 Å². The van der Waals surface area contributed by atoms with E-state index in [4.69, 9.17) is 10.8 Å². The molecule has 0 radical (unpaired) electrons. The lowest BCUT2D eigenvalue weighted by Gasteiger charge is -2.06. The van der Waals surface area contributed by atoms with Gasteiger partial charge in [0.15, 0.2) is 0 Å². The third-order valence-corrected chi connectivity index (χ3v) is 1.78. The number of nitrogens with zero attached hydrogens (tertiary/aromatic N) is 1. The van der Waals surface area contributed by atoms with E-state index in [1.54, 1.807) is 12.4 Å². The fourth-order valence-electron chi connectivity index (χ4n) is 0.736. The van der Waals surface area contributed by atoms with Crippen LogP contribution in [0.25, 0.3) is 0 Å². The molecule has 1 unspecified atom stereocenters. The number of pyridine rings is 1. The Balaban J connectivity index is 0. The first-order valence-electron chi connectivity index (χ1n) is 3.21. The molecule has 0 bridgehead atoms. The summed E-state index contributed by atoms with van der Waals surface area (Å²) in [6, 6.07) is 1.51. The van der Waals surface area contributed by atoms with E-state index in [0.717, 1.165) is 10.0 Å². The van der Waals surface area contributed by atoms with Gasteiger partial charge in [0.2, 0.25) is 0 Å². The highest BCUT2D eigenvalue weighted by molar-refractivity contribution is 9.10. The van der Waals surface area contributed by atoms with Crippen LogP contribution in [0.15, 0.2) is 22.9 Å². The highest BCUT2D eigenvalue weighted by Crippen LogP contribution is 2.13. The fraction of sp³-hybridized carbons (Fsp3) is 0.286. The molecule has 0 saturated heterocycles. The molecule has 1 heterocycles. The van der Waals surface area contributed by atoms with Gasteiger partial charge in [-0.2, -0.15) is 0 Å². The predicted molar refractivity (Wildman–Crippen MR) is 60.4 cm³/mol. The number of hydrogen-bond acceptors (Lipinski definition) is 3. The Morgan fingerprint density at radius 1 is 1.46 bits per heavy atom. The van der Waals surface area contributed by atoms with Crippen molar-refractivity contribution in [2.75, 3.05) is 6.61 Å². The van der Waals surface area contributed by atoms with Crippen LogP contribution in [0, 0.1) is 0 Å². The van der Waals surface area contributed by atoms with Crippen molar-refractivity contribution in [3.05, 3.63) is 28.5 Å². The van der Waals surface area contributed by atoms with E-state index in [1.165, 1.54) is 0 Å². The zero-order chi connectivity index (χ0) is 8.27. The number of rotatable bonds is 2. The van der Waals surface area contributed by atoms with Crippen LogP contribution in [0.3, 0.4) is 0 Å².